The van der Waals surface area contributed by atoms with E-state index in [1.807, 2.05) is 24.4 Å². The predicted molar refractivity (Wildman–Crippen MR) is 232 cm³/mol. The average molecular weight is 930 g/mol. The fraction of sp³-hybridized carbons (Fsp3) is 0.0769. The fourth-order valence-corrected chi connectivity index (χ4v) is 9.04. The summed E-state index contributed by atoms with van der Waals surface area (Å²) in [6.07, 6.45) is 1.90. The van der Waals surface area contributed by atoms with Crippen molar-refractivity contribution in [1.82, 2.24) is 18.7 Å². The van der Waals surface area contributed by atoms with E-state index in [9.17, 15) is 0 Å². The third-order valence-electron chi connectivity index (χ3n) is 10.7. The molecular formula is C52H38N4OPt-2. The molecule has 0 saturated heterocycles. The molecule has 0 aliphatic heterocycles. The van der Waals surface area contributed by atoms with E-state index in [1.54, 1.807) is 0 Å². The van der Waals surface area contributed by atoms with Gasteiger partial charge in [0, 0.05) is 6.20 Å². The summed E-state index contributed by atoms with van der Waals surface area (Å²) in [6.45, 7) is 6.68. The first-order valence-electron chi connectivity index (χ1n) is 19.4. The second kappa shape index (κ2) is 14.4. The predicted octanol–water partition coefficient (Wildman–Crippen LogP) is 13.0. The van der Waals surface area contributed by atoms with Crippen LogP contribution in [0.25, 0.3) is 72.3 Å². The van der Waals surface area contributed by atoms with Gasteiger partial charge in [-0.05, 0) is 17.0 Å². The molecule has 0 aliphatic carbocycles. The quantitative estimate of drug-likeness (QED) is 0.149. The second-order valence-electron chi connectivity index (χ2n) is 15.4. The van der Waals surface area contributed by atoms with Crippen LogP contribution in [0.2, 0.25) is 0 Å². The first kappa shape index (κ1) is 35.8. The molecule has 3 aromatic heterocycles. The van der Waals surface area contributed by atoms with Crippen LogP contribution >= 0.6 is 0 Å². The Labute approximate surface area is 348 Å². The van der Waals surface area contributed by atoms with Gasteiger partial charge in [0.2, 0.25) is 0 Å². The summed E-state index contributed by atoms with van der Waals surface area (Å²) in [5, 5.41) is 2.23. The molecule has 10 aromatic rings. The van der Waals surface area contributed by atoms with Gasteiger partial charge in [-0.3, -0.25) is 0 Å². The zero-order valence-electron chi connectivity index (χ0n) is 32.3. The average Bonchev–Trinajstić information content (AvgIpc) is 3.74. The molecule has 0 fully saturated rings. The van der Waals surface area contributed by atoms with Gasteiger partial charge >= 0.3 is 294 Å². The van der Waals surface area contributed by atoms with E-state index in [4.69, 9.17) is 9.72 Å². The number of hydrogen-bond acceptors (Lipinski definition) is 2. The third-order valence-corrected chi connectivity index (χ3v) is 11.8. The molecule has 0 saturated carbocycles. The summed E-state index contributed by atoms with van der Waals surface area (Å²) < 4.78 is 14.5. The standard InChI is InChI=1S/C52H38N4O.Pt/c1-52(2,3)38-30-31-53-50(32-38)56-46-25-11-10-22-44(46)45-29-28-41(34-49(45)56)57-40-21-14-20-39(33-40)54-35-55(48-27-13-12-26-47(48)54)51-42(36-16-6-4-7-17-36)23-15-24-43(51)37-18-8-5-9-19-37;/h4-32H,1-3H3;/q-2;. The van der Waals surface area contributed by atoms with E-state index in [0.717, 1.165) is 76.1 Å². The van der Waals surface area contributed by atoms with E-state index in [0.29, 0.717) is 11.5 Å². The van der Waals surface area contributed by atoms with Gasteiger partial charge in [0.05, 0.1) is 0 Å². The van der Waals surface area contributed by atoms with Crippen molar-refractivity contribution in [2.75, 3.05) is 0 Å². The monoisotopic (exact) mass is 929 g/mol. The summed E-state index contributed by atoms with van der Waals surface area (Å²) in [7, 11) is 0. The fourth-order valence-electron chi connectivity index (χ4n) is 7.96. The summed E-state index contributed by atoms with van der Waals surface area (Å²) in [5.74, 6) is 2.05. The Balaban J connectivity index is 1.11. The van der Waals surface area contributed by atoms with E-state index in [1.165, 1.54) is 5.56 Å². The molecule has 7 aromatic carbocycles. The second-order valence-corrected chi connectivity index (χ2v) is 16.4. The normalized spacial score (nSPS) is 11.8. The van der Waals surface area contributed by atoms with Gasteiger partial charge in [-0.25, -0.2) is 0 Å². The van der Waals surface area contributed by atoms with Gasteiger partial charge in [0.15, 0.2) is 0 Å². The Bertz CT molecular complexity index is 3150. The Morgan fingerprint density at radius 3 is 1.83 bits per heavy atom. The van der Waals surface area contributed by atoms with Gasteiger partial charge < -0.3 is 0 Å². The van der Waals surface area contributed by atoms with E-state index in [-0.39, 0.29) is 5.41 Å². The zero-order valence-corrected chi connectivity index (χ0v) is 34.5. The number of pyridine rings is 1. The first-order valence-corrected chi connectivity index (χ1v) is 20.5. The van der Waals surface area contributed by atoms with Gasteiger partial charge in [-0.2, -0.15) is 0 Å². The number of imidazole rings is 1. The summed E-state index contributed by atoms with van der Waals surface area (Å²) in [6, 6.07) is 66.6. The summed E-state index contributed by atoms with van der Waals surface area (Å²) >= 11 is 2.47. The molecule has 10 rings (SSSR count). The molecule has 0 aliphatic rings. The van der Waals surface area contributed by atoms with Crippen LogP contribution in [0, 0.1) is 15.9 Å². The molecule has 0 bridgehead atoms. The van der Waals surface area contributed by atoms with Crippen molar-refractivity contribution in [3.63, 3.8) is 0 Å². The number of hydrogen-bond donors (Lipinski definition) is 0. The van der Waals surface area contributed by atoms with Crippen molar-refractivity contribution in [3.8, 4) is 50.9 Å². The van der Waals surface area contributed by atoms with E-state index >= 15 is 0 Å². The van der Waals surface area contributed by atoms with Crippen LogP contribution in [0.5, 0.6) is 11.5 Å². The van der Waals surface area contributed by atoms with Crippen molar-refractivity contribution in [3.05, 3.63) is 198 Å². The molecule has 3 heterocycles. The third kappa shape index (κ3) is 6.23. The first-order chi connectivity index (χ1) is 28.3. The van der Waals surface area contributed by atoms with Gasteiger partial charge in [-0.1, -0.05) is 32.9 Å². The SMILES string of the molecule is CC(C)(C)c1ccnc(-n2c3[c-]c(Oc4[c-]c(-n5[c](=[Pt])n(-c6c(-c7ccccc7)cccc6-c6ccccc6)c6ccccc65)ccc4)ccc3c3ccccc32)c1. The van der Waals surface area contributed by atoms with Crippen LogP contribution in [-0.4, -0.2) is 18.7 Å². The van der Waals surface area contributed by atoms with E-state index < -0.39 is 0 Å². The molecule has 0 atom stereocenters. The molecule has 0 N–H and O–H groups in total. The topological polar surface area (TPSA) is 36.9 Å². The summed E-state index contributed by atoms with van der Waals surface area (Å²) in [5.41, 5.74) is 11.9. The van der Waals surface area contributed by atoms with Crippen molar-refractivity contribution < 1.29 is 24.1 Å². The number of nitrogens with zero attached hydrogens (tertiary/aromatic N) is 4. The molecule has 0 amide bonds. The number of benzene rings is 7. The Morgan fingerprint density at radius 2 is 1.14 bits per heavy atom. The van der Waals surface area contributed by atoms with E-state index in [2.05, 4.69) is 218 Å². The van der Waals surface area contributed by atoms with Crippen molar-refractivity contribution in [2.24, 2.45) is 0 Å². The molecule has 5 nitrogen and oxygen atoms in total. The number of para-hydroxylation sites is 4. The van der Waals surface area contributed by atoms with Crippen LogP contribution < -0.4 is 4.74 Å². The zero-order chi connectivity index (χ0) is 39.4. The maximum atomic E-state index is 6.64. The van der Waals surface area contributed by atoms with Crippen molar-refractivity contribution >= 4 is 32.8 Å². The Morgan fingerprint density at radius 1 is 0.534 bits per heavy atom. The number of ether oxygens (including phenoxy) is 1. The van der Waals surface area contributed by atoms with Crippen LogP contribution in [0.15, 0.2) is 176 Å². The van der Waals surface area contributed by atoms with Gasteiger partial charge in [0.1, 0.15) is 0 Å². The minimum absolute atomic E-state index is 0.0209. The van der Waals surface area contributed by atoms with Gasteiger partial charge in [-0.15, -0.1) is 0 Å². The maximum absolute atomic E-state index is 6.64. The summed E-state index contributed by atoms with van der Waals surface area (Å²) in [4.78, 5) is 4.85. The Hall–Kier alpha value is -6.55. The number of fused-ring (bicyclic) bond motifs is 4. The number of rotatable bonds is 7. The molecule has 0 unspecified atom stereocenters. The van der Waals surface area contributed by atoms with Crippen LogP contribution in [-0.2, 0) is 24.8 Å². The molecule has 0 spiro atoms. The Kier molecular flexibility index (Phi) is 8.92. The molecule has 6 heteroatoms. The van der Waals surface area contributed by atoms with Crippen LogP contribution in [0.3, 0.4) is 0 Å². The molecule has 284 valence electrons. The molecule has 0 radical (unpaired) electrons. The number of aromatic nitrogens is 4. The molecular weight excluding hydrogens is 892 g/mol. The van der Waals surface area contributed by atoms with Crippen molar-refractivity contribution in [1.29, 1.82) is 0 Å². The van der Waals surface area contributed by atoms with Crippen molar-refractivity contribution in [2.45, 2.75) is 26.2 Å². The van der Waals surface area contributed by atoms with Crippen LogP contribution in [0.1, 0.15) is 26.3 Å². The van der Waals surface area contributed by atoms with Crippen LogP contribution in [0.4, 0.5) is 0 Å². The minimum atomic E-state index is -0.0209. The molecule has 58 heavy (non-hydrogen) atoms. The van der Waals surface area contributed by atoms with Gasteiger partial charge in [0.25, 0.3) is 0 Å².